The van der Waals surface area contributed by atoms with Crippen molar-refractivity contribution in [2.24, 2.45) is 0 Å². The van der Waals surface area contributed by atoms with Crippen LogP contribution in [0.4, 0.5) is 26.7 Å². The van der Waals surface area contributed by atoms with Gasteiger partial charge < -0.3 is 47.8 Å². The van der Waals surface area contributed by atoms with Crippen LogP contribution in [0.3, 0.4) is 0 Å². The van der Waals surface area contributed by atoms with Gasteiger partial charge in [0.25, 0.3) is 0 Å². The molecule has 0 aliphatic carbocycles. The molecular weight excluding hydrogens is 526 g/mol. The maximum absolute atomic E-state index is 12.4. The number of rotatable bonds is 14. The number of hydrogen-bond acceptors (Lipinski definition) is 7. The number of amides is 6. The van der Waals surface area contributed by atoms with Crippen LogP contribution >= 0.6 is 0 Å². The van der Waals surface area contributed by atoms with Gasteiger partial charge in [0.15, 0.2) is 0 Å². The Kier molecular flexibility index (Phi) is 12.2. The van der Waals surface area contributed by atoms with Crippen LogP contribution in [0.25, 0.3) is 0 Å². The third-order valence-corrected chi connectivity index (χ3v) is 5.14. The molecule has 2 aromatic rings. The van der Waals surface area contributed by atoms with E-state index in [1.165, 1.54) is 24.3 Å². The van der Waals surface area contributed by atoms with Gasteiger partial charge in [-0.15, -0.1) is 0 Å². The summed E-state index contributed by atoms with van der Waals surface area (Å²) >= 11 is 0. The second-order valence-electron chi connectivity index (χ2n) is 8.40. The van der Waals surface area contributed by atoms with Crippen molar-refractivity contribution >= 4 is 52.9 Å². The highest BCUT2D eigenvalue weighted by atomic mass is 16.4. The van der Waals surface area contributed by atoms with Crippen molar-refractivity contribution < 1.29 is 39.0 Å². The maximum atomic E-state index is 12.4. The van der Waals surface area contributed by atoms with Crippen molar-refractivity contribution in [3.8, 4) is 0 Å². The monoisotopic (exact) mass is 557 g/mol. The van der Waals surface area contributed by atoms with Gasteiger partial charge in [-0.3, -0.25) is 19.2 Å². The maximum Gasteiger partial charge on any atom is 0.319 e. The minimum Gasteiger partial charge on any atom is -0.481 e. The highest BCUT2D eigenvalue weighted by Crippen LogP contribution is 2.20. The van der Waals surface area contributed by atoms with E-state index in [9.17, 15) is 33.9 Å². The van der Waals surface area contributed by atoms with Crippen LogP contribution in [0.1, 0.15) is 30.9 Å². The zero-order chi connectivity index (χ0) is 29.5. The lowest BCUT2D eigenvalue weighted by Gasteiger charge is -2.18. The lowest BCUT2D eigenvalue weighted by molar-refractivity contribution is -0.139. The Balaban J connectivity index is 1.72. The first kappa shape index (κ1) is 30.9. The second kappa shape index (κ2) is 15.8. The van der Waals surface area contributed by atoms with Gasteiger partial charge in [-0.2, -0.15) is 0 Å². The number of nitrogen functional groups attached to an aromatic ring is 1. The molecule has 0 spiro atoms. The van der Waals surface area contributed by atoms with Crippen molar-refractivity contribution in [2.75, 3.05) is 36.0 Å². The number of nitrogens with one attached hydrogen (secondary N) is 6. The summed E-state index contributed by atoms with van der Waals surface area (Å²) in [5, 5.41) is 32.8. The van der Waals surface area contributed by atoms with Crippen molar-refractivity contribution in [1.29, 1.82) is 0 Å². The molecule has 0 unspecified atom stereocenters. The Bertz CT molecular complexity index is 1220. The molecule has 2 rings (SSSR count). The SMILES string of the molecule is Nc1cccc([C@@H](CC(=O)O)NC(=O)Nc2ccc(NC(=O)NCCNC(=O)CNC(=O)CCC(=O)O)cc2)c1. The molecule has 0 radical (unpaired) electrons. The third kappa shape index (κ3) is 12.3. The summed E-state index contributed by atoms with van der Waals surface area (Å²) in [6, 6.07) is 10.7. The lowest BCUT2D eigenvalue weighted by Crippen LogP contribution is -2.41. The van der Waals surface area contributed by atoms with Crippen LogP contribution in [0.5, 0.6) is 0 Å². The average Bonchev–Trinajstić information content (AvgIpc) is 2.89. The molecule has 0 bridgehead atoms. The minimum atomic E-state index is -1.11. The number of aliphatic carboxylic acids is 2. The molecule has 0 saturated carbocycles. The smallest absolute Gasteiger partial charge is 0.319 e. The zero-order valence-corrected chi connectivity index (χ0v) is 21.4. The van der Waals surface area contributed by atoms with E-state index in [0.29, 0.717) is 22.6 Å². The number of carbonyl (C=O) groups excluding carboxylic acids is 4. The first-order chi connectivity index (χ1) is 19.0. The fourth-order valence-corrected chi connectivity index (χ4v) is 3.27. The van der Waals surface area contributed by atoms with Crippen LogP contribution in [0, 0.1) is 0 Å². The van der Waals surface area contributed by atoms with Gasteiger partial charge >= 0.3 is 24.0 Å². The molecular formula is C25H31N7O8. The number of urea groups is 2. The fraction of sp³-hybridized carbons (Fsp3) is 0.280. The molecule has 6 amide bonds. The molecule has 15 nitrogen and oxygen atoms in total. The van der Waals surface area contributed by atoms with E-state index in [-0.39, 0.29) is 38.9 Å². The van der Waals surface area contributed by atoms with Crippen LogP contribution in [0.2, 0.25) is 0 Å². The summed E-state index contributed by atoms with van der Waals surface area (Å²) in [7, 11) is 0. The topological polar surface area (TPSA) is 241 Å². The molecule has 0 aliphatic heterocycles. The van der Waals surface area contributed by atoms with E-state index in [1.807, 2.05) is 0 Å². The second-order valence-corrected chi connectivity index (χ2v) is 8.40. The molecule has 15 heteroatoms. The Morgan fingerprint density at radius 3 is 1.95 bits per heavy atom. The van der Waals surface area contributed by atoms with E-state index in [1.54, 1.807) is 24.3 Å². The first-order valence-corrected chi connectivity index (χ1v) is 12.1. The summed E-state index contributed by atoms with van der Waals surface area (Å²) < 4.78 is 0. The van der Waals surface area contributed by atoms with Gasteiger partial charge in [-0.25, -0.2) is 9.59 Å². The van der Waals surface area contributed by atoms with Gasteiger partial charge in [0.2, 0.25) is 11.8 Å². The number of nitrogens with two attached hydrogens (primary N) is 1. The largest absolute Gasteiger partial charge is 0.481 e. The lowest BCUT2D eigenvalue weighted by atomic mass is 10.0. The molecule has 214 valence electrons. The van der Waals surface area contributed by atoms with E-state index < -0.39 is 41.9 Å². The predicted octanol–water partition coefficient (Wildman–Crippen LogP) is 0.825. The summed E-state index contributed by atoms with van der Waals surface area (Å²) in [4.78, 5) is 69.2. The van der Waals surface area contributed by atoms with E-state index in [0.717, 1.165) is 0 Å². The highest BCUT2D eigenvalue weighted by Gasteiger charge is 2.18. The van der Waals surface area contributed by atoms with Gasteiger partial charge in [0.1, 0.15) is 0 Å². The van der Waals surface area contributed by atoms with E-state index in [4.69, 9.17) is 10.8 Å². The van der Waals surface area contributed by atoms with Crippen LogP contribution in [-0.2, 0) is 19.2 Å². The van der Waals surface area contributed by atoms with Crippen molar-refractivity contribution in [2.45, 2.75) is 25.3 Å². The summed E-state index contributed by atoms with van der Waals surface area (Å²) in [5.74, 6) is -3.27. The Morgan fingerprint density at radius 2 is 1.35 bits per heavy atom. The molecule has 1 atom stereocenters. The first-order valence-electron chi connectivity index (χ1n) is 12.1. The third-order valence-electron chi connectivity index (χ3n) is 5.14. The number of carboxylic acids is 2. The molecule has 0 saturated heterocycles. The van der Waals surface area contributed by atoms with Crippen LogP contribution < -0.4 is 37.6 Å². The molecule has 2 aromatic carbocycles. The number of carboxylic acid groups (broad SMARTS) is 2. The van der Waals surface area contributed by atoms with Crippen LogP contribution in [0.15, 0.2) is 48.5 Å². The summed E-state index contributed by atoms with van der Waals surface area (Å²) in [6.45, 7) is -0.132. The van der Waals surface area contributed by atoms with Gasteiger partial charge in [-0.1, -0.05) is 12.1 Å². The predicted molar refractivity (Wildman–Crippen MR) is 144 cm³/mol. The van der Waals surface area contributed by atoms with E-state index in [2.05, 4.69) is 31.9 Å². The van der Waals surface area contributed by atoms with Crippen molar-refractivity contribution in [3.05, 3.63) is 54.1 Å². The summed E-state index contributed by atoms with van der Waals surface area (Å²) in [6.07, 6.45) is -0.906. The van der Waals surface area contributed by atoms with Crippen molar-refractivity contribution in [1.82, 2.24) is 21.3 Å². The van der Waals surface area contributed by atoms with Gasteiger partial charge in [0, 0.05) is 36.6 Å². The van der Waals surface area contributed by atoms with Gasteiger partial charge in [-0.05, 0) is 42.0 Å². The average molecular weight is 558 g/mol. The molecule has 40 heavy (non-hydrogen) atoms. The summed E-state index contributed by atoms with van der Waals surface area (Å²) in [5.41, 5.74) is 7.54. The van der Waals surface area contributed by atoms with Crippen molar-refractivity contribution in [3.63, 3.8) is 0 Å². The number of anilines is 3. The standard InChI is InChI=1S/C25H31N7O8/c26-16-3-1-2-15(12-16)19(13-23(37)38)32-25(40)31-18-6-4-17(5-7-18)30-24(39)28-11-10-27-21(34)14-29-20(33)8-9-22(35)36/h1-7,12,19H,8-11,13-14,26H2,(H,27,34)(H,29,33)(H,35,36)(H,37,38)(H2,28,30,39)(H2,31,32,40)/t19-/m1/s1. The Labute approximate surface area is 228 Å². The highest BCUT2D eigenvalue weighted by molar-refractivity contribution is 5.92. The number of benzene rings is 2. The quantitative estimate of drug-likeness (QED) is 0.118. The Morgan fingerprint density at radius 1 is 0.725 bits per heavy atom. The minimum absolute atomic E-state index is 0.0909. The van der Waals surface area contributed by atoms with E-state index >= 15 is 0 Å². The van der Waals surface area contributed by atoms with Crippen LogP contribution in [-0.4, -0.2) is 65.7 Å². The van der Waals surface area contributed by atoms with Gasteiger partial charge in [0.05, 0.1) is 25.4 Å². The fourth-order valence-electron chi connectivity index (χ4n) is 3.27. The molecule has 10 N–H and O–H groups in total. The molecule has 0 aromatic heterocycles. The molecule has 0 heterocycles. The molecule has 0 fully saturated rings. The number of hydrogen-bond donors (Lipinski definition) is 9. The molecule has 0 aliphatic rings. The Hall–Kier alpha value is -5.34. The normalized spacial score (nSPS) is 10.9. The zero-order valence-electron chi connectivity index (χ0n) is 21.4. The number of carbonyl (C=O) groups is 6.